The molecule has 260 valence electrons. The van der Waals surface area contributed by atoms with Crippen molar-refractivity contribution in [3.05, 3.63) is 91.6 Å². The Bertz CT molecular complexity index is 2230. The maximum Gasteiger partial charge on any atom is 1.00 e. The molecule has 2 heterocycles. The molecule has 4 aliphatic carbocycles. The Labute approximate surface area is 340 Å². The Balaban J connectivity index is 0.000000351. The van der Waals surface area contributed by atoms with Crippen LogP contribution in [0.2, 0.25) is 0 Å². The first-order chi connectivity index (χ1) is 23.7. The van der Waals surface area contributed by atoms with Crippen LogP contribution in [0.1, 0.15) is 86.6 Å². The Kier molecular flexibility index (Phi) is 14.3. The second-order valence-corrected chi connectivity index (χ2v) is 10.5. The molecule has 20 heteroatoms. The van der Waals surface area contributed by atoms with Crippen molar-refractivity contribution in [2.24, 2.45) is 0 Å². The minimum Gasteiger partial charge on any atom is -0.870 e. The van der Waals surface area contributed by atoms with Crippen LogP contribution in [0.3, 0.4) is 0 Å². The van der Waals surface area contributed by atoms with Gasteiger partial charge >= 0.3 is 83.0 Å². The van der Waals surface area contributed by atoms with Gasteiger partial charge in [-0.05, 0) is 42.1 Å². The molecule has 0 fully saturated rings. The van der Waals surface area contributed by atoms with Crippen LogP contribution >= 0.6 is 0 Å². The summed E-state index contributed by atoms with van der Waals surface area (Å²) in [6.07, 6.45) is 3.92. The molecule has 0 aromatic carbocycles. The van der Waals surface area contributed by atoms with Crippen molar-refractivity contribution in [2.45, 2.75) is 12.8 Å². The summed E-state index contributed by atoms with van der Waals surface area (Å²) in [5.74, 6) is -9.65. The van der Waals surface area contributed by atoms with Gasteiger partial charge in [0.25, 0.3) is 11.6 Å². The van der Waals surface area contributed by atoms with E-state index in [-0.39, 0.29) is 139 Å². The molecule has 0 saturated carbocycles. The maximum atomic E-state index is 12.5. The monoisotopic (exact) mass is 745 g/mol. The molecule has 0 unspecified atom stereocenters. The van der Waals surface area contributed by atoms with Crippen LogP contribution in [0.25, 0.3) is 11.1 Å². The van der Waals surface area contributed by atoms with E-state index >= 15 is 0 Å². The number of Topliss-reactive ketones (excluding diaryl/α,β-unsaturated/α-hetero) is 4. The van der Waals surface area contributed by atoms with Crippen molar-refractivity contribution in [3.8, 4) is 0 Å². The first kappa shape index (κ1) is 44.1. The zero-order valence-electron chi connectivity index (χ0n) is 28.2. The fourth-order valence-corrected chi connectivity index (χ4v) is 5.62. The van der Waals surface area contributed by atoms with Gasteiger partial charge in [0, 0.05) is 28.7 Å². The Hall–Kier alpha value is -5.08. The number of esters is 3. The van der Waals surface area contributed by atoms with Gasteiger partial charge in [0.15, 0.2) is 0 Å². The SMILES string of the molecule is COC(=O)C1=CC2=C(C1)c1c(C(=O)OC)cc(C(=O)OC)nc1C(=O)C2=O.O=[C-]C1=CC2=C(C1)c1c(C(=O)O)cc(C(=O)[O-])nc1C(=O)C2=O.[Na+].[Na+].[OH-]. The minimum absolute atomic E-state index is 0. The molecule has 0 amide bonds. The summed E-state index contributed by atoms with van der Waals surface area (Å²) < 4.78 is 14.0. The summed E-state index contributed by atoms with van der Waals surface area (Å²) in [7, 11) is 3.43. The number of carboxylic acid groups (broad SMARTS) is 2. The van der Waals surface area contributed by atoms with Crippen LogP contribution in [0.5, 0.6) is 0 Å². The molecule has 2 aromatic rings. The van der Waals surface area contributed by atoms with E-state index in [1.54, 1.807) is 6.29 Å². The molecule has 0 saturated heterocycles. The van der Waals surface area contributed by atoms with Gasteiger partial charge in [0.1, 0.15) is 17.1 Å². The summed E-state index contributed by atoms with van der Waals surface area (Å²) >= 11 is 0. The van der Waals surface area contributed by atoms with Gasteiger partial charge in [-0.3, -0.25) is 19.2 Å². The number of carbonyl (C=O) groups excluding carboxylic acids is 9. The van der Waals surface area contributed by atoms with Crippen molar-refractivity contribution in [3.63, 3.8) is 0 Å². The molecule has 53 heavy (non-hydrogen) atoms. The molecule has 0 aliphatic heterocycles. The van der Waals surface area contributed by atoms with E-state index in [4.69, 9.17) is 4.74 Å². The zero-order chi connectivity index (χ0) is 36.8. The number of ketones is 4. The fourth-order valence-electron chi connectivity index (χ4n) is 5.62. The van der Waals surface area contributed by atoms with Gasteiger partial charge in [0.2, 0.25) is 11.6 Å². The number of hydrogen-bond donors (Lipinski definition) is 1. The van der Waals surface area contributed by atoms with Gasteiger partial charge in [0.05, 0.1) is 44.1 Å². The standard InChI is InChI=1S/C18H13NO8.C15H6NO7.2Na.H2O/c1-25-16(22)7-4-8-9(5-7)14(20)15(21)13-12(8)10(17(23)26-2)6-11(19-13)18(24)27-3;17-4-5-1-6-7(2-5)12(18)13(19)11-10(6)8(14(20)21)3-9(16-11)15(22)23;;;/h5-6H,4H2,1-3H3;2-3H,1H2,(H,20,21)(H,22,23);;;1H2/q;-1;2*+1;/p-2. The number of fused-ring (bicyclic) bond motifs is 4. The Morgan fingerprint density at radius 3 is 1.66 bits per heavy atom. The predicted molar refractivity (Wildman–Crippen MR) is 160 cm³/mol. The quantitative estimate of drug-likeness (QED) is 0.0945. The van der Waals surface area contributed by atoms with Crippen LogP contribution in [0.15, 0.2) is 46.6 Å². The molecule has 6 rings (SSSR count). The molecule has 4 aliphatic rings. The van der Waals surface area contributed by atoms with Crippen LogP contribution in [-0.2, 0) is 33.4 Å². The maximum absolute atomic E-state index is 12.5. The third kappa shape index (κ3) is 7.70. The van der Waals surface area contributed by atoms with Gasteiger partial charge < -0.3 is 39.5 Å². The number of aromatic nitrogens is 2. The minimum atomic E-state index is -1.78. The molecule has 0 bridgehead atoms. The third-order valence-corrected chi connectivity index (χ3v) is 7.81. The van der Waals surface area contributed by atoms with E-state index in [0.29, 0.717) is 0 Å². The number of carbonyl (C=O) groups is 9. The normalized spacial score (nSPS) is 14.5. The number of nitrogens with zero attached hydrogens (tertiary/aromatic N) is 2. The van der Waals surface area contributed by atoms with E-state index in [2.05, 4.69) is 19.4 Å². The number of ether oxygens (including phenoxy) is 3. The van der Waals surface area contributed by atoms with E-state index in [1.165, 1.54) is 19.3 Å². The predicted octanol–water partition coefficient (Wildman–Crippen LogP) is -6.39. The molecule has 18 nitrogen and oxygen atoms in total. The zero-order valence-corrected chi connectivity index (χ0v) is 32.2. The molecular formula is C33H19N2Na2O16-. The molecular weight excluding hydrogens is 726 g/mol. The molecule has 2 aromatic heterocycles. The van der Waals surface area contributed by atoms with Crippen molar-refractivity contribution in [1.29, 1.82) is 0 Å². The largest absolute Gasteiger partial charge is 1.00 e. The number of pyridine rings is 2. The van der Waals surface area contributed by atoms with E-state index in [1.807, 2.05) is 0 Å². The van der Waals surface area contributed by atoms with Crippen molar-refractivity contribution in [1.82, 2.24) is 9.97 Å². The van der Waals surface area contributed by atoms with Crippen LogP contribution in [-0.4, -0.2) is 101 Å². The number of rotatable bonds is 6. The van der Waals surface area contributed by atoms with Crippen molar-refractivity contribution >= 4 is 70.4 Å². The van der Waals surface area contributed by atoms with Crippen molar-refractivity contribution in [2.75, 3.05) is 21.3 Å². The van der Waals surface area contributed by atoms with Crippen LogP contribution < -0.4 is 64.2 Å². The molecule has 2 N–H and O–H groups in total. The topological polar surface area (TPSA) is 297 Å². The third-order valence-electron chi connectivity index (χ3n) is 7.81. The Morgan fingerprint density at radius 2 is 1.17 bits per heavy atom. The fraction of sp³-hybridized carbons (Fsp3) is 0.152. The van der Waals surface area contributed by atoms with E-state index in [9.17, 15) is 58.2 Å². The summed E-state index contributed by atoms with van der Waals surface area (Å²) in [5.41, 5.74) is -2.15. The Morgan fingerprint density at radius 1 is 0.698 bits per heavy atom. The van der Waals surface area contributed by atoms with E-state index in [0.717, 1.165) is 26.4 Å². The van der Waals surface area contributed by atoms with Gasteiger partial charge in [-0.25, -0.2) is 29.1 Å². The first-order valence-corrected chi connectivity index (χ1v) is 13.9. The second kappa shape index (κ2) is 17.2. The average molecular weight is 745 g/mol. The van der Waals surface area contributed by atoms with Gasteiger partial charge in [-0.2, -0.15) is 11.6 Å². The number of methoxy groups -OCH3 is 3. The number of aromatic carboxylic acids is 2. The smallest absolute Gasteiger partial charge is 0.870 e. The molecule has 0 atom stereocenters. The van der Waals surface area contributed by atoms with Crippen LogP contribution in [0, 0.1) is 0 Å². The second-order valence-electron chi connectivity index (χ2n) is 10.5. The van der Waals surface area contributed by atoms with E-state index < -0.39 is 69.9 Å². The van der Waals surface area contributed by atoms with Crippen LogP contribution in [0.4, 0.5) is 0 Å². The summed E-state index contributed by atoms with van der Waals surface area (Å²) in [6, 6.07) is 1.88. The molecule has 0 radical (unpaired) electrons. The average Bonchev–Trinajstić information content (AvgIpc) is 3.77. The molecule has 0 spiro atoms. The summed E-state index contributed by atoms with van der Waals surface area (Å²) in [6.45, 7) is 0. The number of hydrogen-bond acceptors (Lipinski definition) is 17. The van der Waals surface area contributed by atoms with Gasteiger partial charge in [-0.15, -0.1) is 0 Å². The van der Waals surface area contributed by atoms with Gasteiger partial charge in [-0.1, -0.05) is 5.57 Å². The summed E-state index contributed by atoms with van der Waals surface area (Å²) in [4.78, 5) is 126. The first-order valence-electron chi connectivity index (χ1n) is 13.9. The number of carboxylic acids is 2. The number of allylic oxidation sites excluding steroid dienone is 7. The summed E-state index contributed by atoms with van der Waals surface area (Å²) in [5, 5.41) is 20.2. The van der Waals surface area contributed by atoms with Crippen molar-refractivity contribution < 1.29 is 137 Å².